The molecule has 3 aromatic rings. The van der Waals surface area contributed by atoms with Crippen LogP contribution in [0.5, 0.6) is 0 Å². The van der Waals surface area contributed by atoms with Gasteiger partial charge < -0.3 is 9.88 Å². The first-order chi connectivity index (χ1) is 17.7. The van der Waals surface area contributed by atoms with Crippen LogP contribution in [-0.4, -0.2) is 22.0 Å². The molecule has 3 rings (SSSR count). The molecule has 5 heteroatoms. The van der Waals surface area contributed by atoms with E-state index in [0.29, 0.717) is 17.1 Å². The monoisotopic (exact) mass is 509 g/mol. The summed E-state index contributed by atoms with van der Waals surface area (Å²) in [6, 6.07) is 15.7. The number of nitrogens with zero attached hydrogens (tertiary/aromatic N) is 2. The van der Waals surface area contributed by atoms with Crippen molar-refractivity contribution in [1.82, 2.24) is 14.9 Å². The van der Waals surface area contributed by atoms with Crippen LogP contribution in [0.2, 0.25) is 5.02 Å². The number of fused-ring (bicyclic) bond motifs is 1. The Balaban J connectivity index is 1.37. The maximum atomic E-state index is 12.3. The van der Waals surface area contributed by atoms with Crippen molar-refractivity contribution in [2.24, 2.45) is 0 Å². The van der Waals surface area contributed by atoms with Crippen LogP contribution in [-0.2, 0) is 13.0 Å². The Labute approximate surface area is 222 Å². The number of hydrogen-bond acceptors (Lipinski definition) is 2. The molecular formula is C31H44ClN3O. The van der Waals surface area contributed by atoms with E-state index in [4.69, 9.17) is 16.6 Å². The van der Waals surface area contributed by atoms with E-state index in [2.05, 4.69) is 41.1 Å². The molecule has 1 N–H and O–H groups in total. The summed E-state index contributed by atoms with van der Waals surface area (Å²) in [5.41, 5.74) is 2.90. The molecule has 0 aliphatic carbocycles. The molecule has 1 aromatic heterocycles. The molecule has 2 aromatic carbocycles. The predicted octanol–water partition coefficient (Wildman–Crippen LogP) is 8.75. The van der Waals surface area contributed by atoms with Gasteiger partial charge in [-0.2, -0.15) is 0 Å². The lowest BCUT2D eigenvalue weighted by molar-refractivity contribution is 0.0953. The van der Waals surface area contributed by atoms with Crippen molar-refractivity contribution in [3.8, 4) is 0 Å². The number of rotatable bonds is 18. The van der Waals surface area contributed by atoms with Crippen LogP contribution in [0.4, 0.5) is 0 Å². The predicted molar refractivity (Wildman–Crippen MR) is 153 cm³/mol. The SMILES string of the molecule is CCCCCCCCCCCCn1c(CCCCCNC(=O)c2ccccc2Cl)nc2ccccc21. The van der Waals surface area contributed by atoms with E-state index in [1.54, 1.807) is 12.1 Å². The van der Waals surface area contributed by atoms with Gasteiger partial charge in [-0.25, -0.2) is 4.98 Å². The maximum Gasteiger partial charge on any atom is 0.252 e. The van der Waals surface area contributed by atoms with Crippen LogP contribution in [0.25, 0.3) is 11.0 Å². The number of aryl methyl sites for hydroxylation is 2. The Morgan fingerprint density at radius 1 is 0.806 bits per heavy atom. The zero-order valence-corrected chi connectivity index (χ0v) is 22.9. The highest BCUT2D eigenvalue weighted by atomic mass is 35.5. The van der Waals surface area contributed by atoms with Crippen molar-refractivity contribution in [1.29, 1.82) is 0 Å². The Bertz CT molecular complexity index is 1050. The second kappa shape index (κ2) is 16.4. The summed E-state index contributed by atoms with van der Waals surface area (Å²) in [5.74, 6) is 1.10. The Hall–Kier alpha value is -2.33. The fourth-order valence-electron chi connectivity index (χ4n) is 4.85. The molecule has 0 bridgehead atoms. The van der Waals surface area contributed by atoms with Gasteiger partial charge in [0.2, 0.25) is 0 Å². The van der Waals surface area contributed by atoms with Gasteiger partial charge in [0.25, 0.3) is 5.91 Å². The molecule has 0 aliphatic heterocycles. The zero-order valence-electron chi connectivity index (χ0n) is 22.1. The highest BCUT2D eigenvalue weighted by molar-refractivity contribution is 6.33. The average Bonchev–Trinajstić information content (AvgIpc) is 3.24. The fourth-order valence-corrected chi connectivity index (χ4v) is 5.07. The van der Waals surface area contributed by atoms with Crippen LogP contribution in [0.1, 0.15) is 107 Å². The van der Waals surface area contributed by atoms with Gasteiger partial charge in [0.15, 0.2) is 0 Å². The summed E-state index contributed by atoms with van der Waals surface area (Å²) < 4.78 is 2.44. The summed E-state index contributed by atoms with van der Waals surface area (Å²) in [6.45, 7) is 4.00. The normalized spacial score (nSPS) is 11.3. The molecule has 196 valence electrons. The van der Waals surface area contributed by atoms with Gasteiger partial charge >= 0.3 is 0 Å². The lowest BCUT2D eigenvalue weighted by atomic mass is 10.1. The highest BCUT2D eigenvalue weighted by Gasteiger charge is 2.11. The topological polar surface area (TPSA) is 46.9 Å². The van der Waals surface area contributed by atoms with E-state index in [1.807, 2.05) is 12.1 Å². The summed E-state index contributed by atoms with van der Waals surface area (Å²) >= 11 is 6.12. The summed E-state index contributed by atoms with van der Waals surface area (Å²) in [4.78, 5) is 17.2. The average molecular weight is 510 g/mol. The van der Waals surface area contributed by atoms with Gasteiger partial charge in [0.05, 0.1) is 21.6 Å². The van der Waals surface area contributed by atoms with Gasteiger partial charge in [0, 0.05) is 19.5 Å². The molecule has 36 heavy (non-hydrogen) atoms. The number of carbonyl (C=O) groups is 1. The van der Waals surface area contributed by atoms with Crippen molar-refractivity contribution in [3.63, 3.8) is 0 Å². The van der Waals surface area contributed by atoms with Gasteiger partial charge in [-0.05, 0) is 43.5 Å². The van der Waals surface area contributed by atoms with Gasteiger partial charge in [-0.15, -0.1) is 0 Å². The van der Waals surface area contributed by atoms with Crippen LogP contribution < -0.4 is 5.32 Å². The molecule has 1 amide bonds. The molecule has 4 nitrogen and oxygen atoms in total. The number of benzene rings is 2. The second-order valence-electron chi connectivity index (χ2n) is 9.90. The van der Waals surface area contributed by atoms with Crippen molar-refractivity contribution >= 4 is 28.5 Å². The molecule has 0 unspecified atom stereocenters. The third-order valence-corrected chi connectivity index (χ3v) is 7.28. The van der Waals surface area contributed by atoms with Crippen molar-refractivity contribution in [2.45, 2.75) is 103 Å². The largest absolute Gasteiger partial charge is 0.352 e. The fraction of sp³-hybridized carbons (Fsp3) is 0.548. The quantitative estimate of drug-likeness (QED) is 0.174. The Kier molecular flexibility index (Phi) is 12.9. The van der Waals surface area contributed by atoms with Gasteiger partial charge in [-0.1, -0.05) is 107 Å². The van der Waals surface area contributed by atoms with Gasteiger partial charge in [0.1, 0.15) is 5.82 Å². The van der Waals surface area contributed by atoms with E-state index in [9.17, 15) is 4.79 Å². The second-order valence-corrected chi connectivity index (χ2v) is 10.3. The van der Waals surface area contributed by atoms with Crippen LogP contribution in [0, 0.1) is 0 Å². The molecule has 0 saturated carbocycles. The molecule has 1 heterocycles. The van der Waals surface area contributed by atoms with Crippen LogP contribution >= 0.6 is 11.6 Å². The number of unbranched alkanes of at least 4 members (excludes halogenated alkanes) is 11. The lowest BCUT2D eigenvalue weighted by Crippen LogP contribution is -2.24. The highest BCUT2D eigenvalue weighted by Crippen LogP contribution is 2.20. The molecule has 0 aliphatic rings. The number of para-hydroxylation sites is 2. The number of amides is 1. The minimum Gasteiger partial charge on any atom is -0.352 e. The number of hydrogen-bond donors (Lipinski definition) is 1. The first-order valence-corrected chi connectivity index (χ1v) is 14.6. The van der Waals surface area contributed by atoms with E-state index < -0.39 is 0 Å². The summed E-state index contributed by atoms with van der Waals surface area (Å²) in [6.07, 6.45) is 17.6. The van der Waals surface area contributed by atoms with Gasteiger partial charge in [-0.3, -0.25) is 4.79 Å². The summed E-state index contributed by atoms with van der Waals surface area (Å²) in [7, 11) is 0. The van der Waals surface area contributed by atoms with Crippen molar-refractivity contribution < 1.29 is 4.79 Å². The lowest BCUT2D eigenvalue weighted by Gasteiger charge is -2.10. The molecular weight excluding hydrogens is 466 g/mol. The minimum atomic E-state index is -0.0983. The first kappa shape index (κ1) is 28.2. The van der Waals surface area contributed by atoms with Crippen LogP contribution in [0.3, 0.4) is 0 Å². The number of halogens is 1. The molecule has 0 spiro atoms. The molecule has 0 radical (unpaired) electrons. The summed E-state index contributed by atoms with van der Waals surface area (Å²) in [5, 5.41) is 3.49. The van der Waals surface area contributed by atoms with E-state index in [1.165, 1.54) is 75.5 Å². The standard InChI is InChI=1S/C31H44ClN3O/c1-2-3-4-5-6-7-8-9-10-18-25-35-29-22-16-15-21-28(29)34-30(35)23-12-11-17-24-33-31(36)26-19-13-14-20-27(26)32/h13-16,19-22H,2-12,17-18,23-25H2,1H3,(H,33,36). The molecule has 0 fully saturated rings. The Morgan fingerprint density at radius 3 is 2.19 bits per heavy atom. The third kappa shape index (κ3) is 9.28. The number of aromatic nitrogens is 2. The smallest absolute Gasteiger partial charge is 0.252 e. The number of carbonyl (C=O) groups excluding carboxylic acids is 1. The van der Waals surface area contributed by atoms with E-state index >= 15 is 0 Å². The maximum absolute atomic E-state index is 12.3. The number of nitrogens with one attached hydrogen (secondary N) is 1. The van der Waals surface area contributed by atoms with E-state index in [0.717, 1.165) is 37.7 Å². The van der Waals surface area contributed by atoms with Crippen molar-refractivity contribution in [3.05, 3.63) is 64.9 Å². The van der Waals surface area contributed by atoms with Crippen LogP contribution in [0.15, 0.2) is 48.5 Å². The zero-order chi connectivity index (χ0) is 25.4. The molecule has 0 atom stereocenters. The van der Waals surface area contributed by atoms with Crippen molar-refractivity contribution in [2.75, 3.05) is 6.54 Å². The molecule has 0 saturated heterocycles. The Morgan fingerprint density at radius 2 is 1.44 bits per heavy atom. The first-order valence-electron chi connectivity index (χ1n) is 14.2. The van der Waals surface area contributed by atoms with E-state index in [-0.39, 0.29) is 5.91 Å². The number of imidazole rings is 1. The third-order valence-electron chi connectivity index (χ3n) is 6.95. The minimum absolute atomic E-state index is 0.0983.